The van der Waals surface area contributed by atoms with Gasteiger partial charge in [-0.05, 0) is 45.2 Å². The lowest BCUT2D eigenvalue weighted by Crippen LogP contribution is -2.45. The van der Waals surface area contributed by atoms with E-state index in [1.54, 1.807) is 26.8 Å². The van der Waals surface area contributed by atoms with Crippen LogP contribution in [0.15, 0.2) is 24.3 Å². The maximum Gasteiger partial charge on any atom is 0.319 e. The first kappa shape index (κ1) is 14.5. The van der Waals surface area contributed by atoms with Gasteiger partial charge < -0.3 is 4.74 Å². The van der Waals surface area contributed by atoms with E-state index in [0.29, 0.717) is 18.5 Å². The first-order valence-electron chi connectivity index (χ1n) is 6.69. The predicted octanol–water partition coefficient (Wildman–Crippen LogP) is 1.80. The van der Waals surface area contributed by atoms with E-state index in [9.17, 15) is 9.59 Å². The molecule has 5 nitrogen and oxygen atoms in total. The first-order chi connectivity index (χ1) is 9.29. The Morgan fingerprint density at radius 1 is 1.35 bits per heavy atom. The zero-order valence-corrected chi connectivity index (χ0v) is 12.1. The van der Waals surface area contributed by atoms with Crippen molar-refractivity contribution in [2.24, 2.45) is 11.8 Å². The van der Waals surface area contributed by atoms with E-state index in [4.69, 9.17) is 10.6 Å². The van der Waals surface area contributed by atoms with Crippen LogP contribution < -0.4 is 10.9 Å². The summed E-state index contributed by atoms with van der Waals surface area (Å²) in [5, 5.41) is 1.07. The SMILES string of the molecule is CC(C)(C)OC(=O)C1CCc2ccccc2N(N)C1=O. The van der Waals surface area contributed by atoms with Crippen LogP contribution in [0.4, 0.5) is 5.69 Å². The summed E-state index contributed by atoms with van der Waals surface area (Å²) in [5.41, 5.74) is 1.01. The molecular weight excluding hydrogens is 256 g/mol. The highest BCUT2D eigenvalue weighted by atomic mass is 16.6. The van der Waals surface area contributed by atoms with Gasteiger partial charge in [0.2, 0.25) is 0 Å². The molecule has 0 saturated carbocycles. The second kappa shape index (κ2) is 5.25. The molecule has 0 bridgehead atoms. The largest absolute Gasteiger partial charge is 0.459 e. The fourth-order valence-corrected chi connectivity index (χ4v) is 2.26. The number of benzene rings is 1. The van der Waals surface area contributed by atoms with Crippen LogP contribution in [0.2, 0.25) is 0 Å². The minimum Gasteiger partial charge on any atom is -0.459 e. The minimum absolute atomic E-state index is 0.413. The van der Waals surface area contributed by atoms with Crippen molar-refractivity contribution in [2.45, 2.75) is 39.2 Å². The van der Waals surface area contributed by atoms with E-state index < -0.39 is 23.4 Å². The van der Waals surface area contributed by atoms with Gasteiger partial charge in [-0.15, -0.1) is 0 Å². The number of carbonyl (C=O) groups excluding carboxylic acids is 2. The van der Waals surface area contributed by atoms with Crippen LogP contribution in [0.25, 0.3) is 0 Å². The maximum absolute atomic E-state index is 12.3. The summed E-state index contributed by atoms with van der Waals surface area (Å²) in [5.74, 6) is 4.10. The third-order valence-corrected chi connectivity index (χ3v) is 3.18. The van der Waals surface area contributed by atoms with E-state index >= 15 is 0 Å². The minimum atomic E-state index is -0.841. The summed E-state index contributed by atoms with van der Waals surface area (Å²) in [6.07, 6.45) is 1.04. The smallest absolute Gasteiger partial charge is 0.319 e. The molecule has 1 aliphatic heterocycles. The van der Waals surface area contributed by atoms with Gasteiger partial charge in [-0.3, -0.25) is 9.59 Å². The third kappa shape index (κ3) is 2.99. The normalized spacial score (nSPS) is 19.3. The van der Waals surface area contributed by atoms with Crippen molar-refractivity contribution in [1.29, 1.82) is 0 Å². The van der Waals surface area contributed by atoms with Crippen molar-refractivity contribution in [2.75, 3.05) is 5.01 Å². The van der Waals surface area contributed by atoms with Gasteiger partial charge in [0, 0.05) is 0 Å². The van der Waals surface area contributed by atoms with Crippen LogP contribution in [0.5, 0.6) is 0 Å². The Balaban J connectivity index is 2.24. The number of nitrogens with zero attached hydrogens (tertiary/aromatic N) is 1. The van der Waals surface area contributed by atoms with Gasteiger partial charge in [0.05, 0.1) is 5.69 Å². The van der Waals surface area contributed by atoms with E-state index in [2.05, 4.69) is 0 Å². The fourth-order valence-electron chi connectivity index (χ4n) is 2.26. The molecule has 1 heterocycles. The molecule has 0 aromatic heterocycles. The van der Waals surface area contributed by atoms with Crippen LogP contribution in [0.3, 0.4) is 0 Å². The van der Waals surface area contributed by atoms with Gasteiger partial charge in [-0.25, -0.2) is 10.9 Å². The average molecular weight is 276 g/mol. The number of esters is 1. The summed E-state index contributed by atoms with van der Waals surface area (Å²) < 4.78 is 5.31. The third-order valence-electron chi connectivity index (χ3n) is 3.18. The van der Waals surface area contributed by atoms with Gasteiger partial charge >= 0.3 is 5.97 Å². The molecule has 1 aromatic carbocycles. The molecule has 20 heavy (non-hydrogen) atoms. The van der Waals surface area contributed by atoms with Crippen molar-refractivity contribution in [1.82, 2.24) is 0 Å². The zero-order chi connectivity index (χ0) is 14.9. The lowest BCUT2D eigenvalue weighted by atomic mass is 10.0. The molecule has 0 fully saturated rings. The van der Waals surface area contributed by atoms with Gasteiger partial charge in [0.1, 0.15) is 11.5 Å². The Hall–Kier alpha value is -1.88. The molecule has 0 radical (unpaired) electrons. The molecule has 2 rings (SSSR count). The van der Waals surface area contributed by atoms with Crippen LogP contribution in [-0.2, 0) is 20.7 Å². The highest BCUT2D eigenvalue weighted by Crippen LogP contribution is 2.28. The van der Waals surface area contributed by atoms with Crippen molar-refractivity contribution in [3.05, 3.63) is 29.8 Å². The number of fused-ring (bicyclic) bond motifs is 1. The number of hydrogen-bond donors (Lipinski definition) is 1. The Bertz CT molecular complexity index is 534. The number of anilines is 1. The molecular formula is C15H20N2O3. The van der Waals surface area contributed by atoms with Crippen molar-refractivity contribution in [3.8, 4) is 0 Å². The molecule has 1 atom stereocenters. The number of para-hydroxylation sites is 1. The molecule has 5 heteroatoms. The molecule has 0 aliphatic carbocycles. The molecule has 0 spiro atoms. The topological polar surface area (TPSA) is 72.6 Å². The molecule has 1 amide bonds. The molecule has 108 valence electrons. The van der Waals surface area contributed by atoms with Crippen molar-refractivity contribution in [3.63, 3.8) is 0 Å². The predicted molar refractivity (Wildman–Crippen MR) is 75.8 cm³/mol. The van der Waals surface area contributed by atoms with E-state index in [1.807, 2.05) is 18.2 Å². The van der Waals surface area contributed by atoms with Gasteiger partial charge in [-0.2, -0.15) is 0 Å². The van der Waals surface area contributed by atoms with Crippen LogP contribution in [0, 0.1) is 5.92 Å². The molecule has 2 N–H and O–H groups in total. The summed E-state index contributed by atoms with van der Waals surface area (Å²) in [4.78, 5) is 24.5. The number of hydrazine groups is 1. The number of aryl methyl sites for hydroxylation is 1. The molecule has 1 unspecified atom stereocenters. The lowest BCUT2D eigenvalue weighted by Gasteiger charge is -2.24. The zero-order valence-electron chi connectivity index (χ0n) is 12.1. The first-order valence-corrected chi connectivity index (χ1v) is 6.69. The van der Waals surface area contributed by atoms with Gasteiger partial charge in [0.25, 0.3) is 5.91 Å². The van der Waals surface area contributed by atoms with E-state index in [0.717, 1.165) is 10.6 Å². The second-order valence-corrected chi connectivity index (χ2v) is 5.96. The fraction of sp³-hybridized carbons (Fsp3) is 0.467. The molecule has 1 aromatic rings. The maximum atomic E-state index is 12.3. The Kier molecular flexibility index (Phi) is 3.81. The number of nitrogens with two attached hydrogens (primary N) is 1. The number of hydrogen-bond acceptors (Lipinski definition) is 4. The van der Waals surface area contributed by atoms with Crippen molar-refractivity contribution < 1.29 is 14.3 Å². The molecule has 1 aliphatic rings. The van der Waals surface area contributed by atoms with Crippen molar-refractivity contribution >= 4 is 17.6 Å². The summed E-state index contributed by atoms with van der Waals surface area (Å²) in [7, 11) is 0. The van der Waals surface area contributed by atoms with Gasteiger partial charge in [-0.1, -0.05) is 18.2 Å². The number of carbonyl (C=O) groups is 2. The summed E-state index contributed by atoms with van der Waals surface area (Å²) >= 11 is 0. The number of rotatable bonds is 1. The highest BCUT2D eigenvalue weighted by molar-refractivity contribution is 6.06. The van der Waals surface area contributed by atoms with E-state index in [1.165, 1.54) is 0 Å². The highest BCUT2D eigenvalue weighted by Gasteiger charge is 2.36. The lowest BCUT2D eigenvalue weighted by molar-refractivity contribution is -0.162. The van der Waals surface area contributed by atoms with Crippen LogP contribution in [0.1, 0.15) is 32.8 Å². The molecule has 0 saturated heterocycles. The second-order valence-electron chi connectivity index (χ2n) is 5.96. The Morgan fingerprint density at radius 2 is 2.00 bits per heavy atom. The van der Waals surface area contributed by atoms with Gasteiger partial charge in [0.15, 0.2) is 0 Å². The monoisotopic (exact) mass is 276 g/mol. The average Bonchev–Trinajstić information content (AvgIpc) is 2.47. The van der Waals surface area contributed by atoms with E-state index in [-0.39, 0.29) is 0 Å². The Labute approximate surface area is 118 Å². The summed E-state index contributed by atoms with van der Waals surface area (Å²) in [6.45, 7) is 5.34. The van der Waals surface area contributed by atoms with Crippen LogP contribution in [-0.4, -0.2) is 17.5 Å². The quantitative estimate of drug-likeness (QED) is 0.367. The number of amides is 1. The Morgan fingerprint density at radius 3 is 2.65 bits per heavy atom. The standard InChI is InChI=1S/C15H20N2O3/c1-15(2,3)20-14(19)11-9-8-10-6-4-5-7-12(10)17(16)13(11)18/h4-7,11H,8-9,16H2,1-3H3. The number of ether oxygens (including phenoxy) is 1. The van der Waals surface area contributed by atoms with Crippen LogP contribution >= 0.6 is 0 Å². The summed E-state index contributed by atoms with van der Waals surface area (Å²) in [6, 6.07) is 7.41.